The van der Waals surface area contributed by atoms with Crippen LogP contribution >= 0.6 is 54.5 Å². The highest BCUT2D eigenvalue weighted by Crippen LogP contribution is 2.25. The molecule has 0 atom stereocenters. The molecule has 11 heavy (non-hydrogen) atoms. The Morgan fingerprint density at radius 1 is 1.45 bits per heavy atom. The van der Waals surface area contributed by atoms with Crippen molar-refractivity contribution in [1.82, 2.24) is 0 Å². The van der Waals surface area contributed by atoms with Gasteiger partial charge in [0.1, 0.15) is 5.82 Å². The van der Waals surface area contributed by atoms with E-state index in [9.17, 15) is 4.39 Å². The van der Waals surface area contributed by atoms with E-state index >= 15 is 0 Å². The summed E-state index contributed by atoms with van der Waals surface area (Å²) in [5.41, 5.74) is 0.708. The number of rotatable bonds is 1. The van der Waals surface area contributed by atoms with Crippen molar-refractivity contribution in [3.05, 3.63) is 31.6 Å². The molecule has 1 aromatic carbocycles. The molecule has 0 radical (unpaired) electrons. The monoisotopic (exact) mass is 392 g/mol. The van der Waals surface area contributed by atoms with Gasteiger partial charge < -0.3 is 0 Å². The Morgan fingerprint density at radius 2 is 2.09 bits per heavy atom. The first-order chi connectivity index (χ1) is 5.16. The number of hydrogen-bond donors (Lipinski definition) is 0. The first-order valence-electron chi connectivity index (χ1n) is 2.85. The minimum atomic E-state index is -0.172. The van der Waals surface area contributed by atoms with Gasteiger partial charge in [-0.25, -0.2) is 4.39 Å². The highest BCUT2D eigenvalue weighted by molar-refractivity contribution is 14.1. The van der Waals surface area contributed by atoms with Crippen molar-refractivity contribution in [2.45, 2.75) is 5.33 Å². The van der Waals surface area contributed by atoms with Gasteiger partial charge in [0, 0.05) is 14.5 Å². The standard InChI is InChI=1S/C7H4Br2FI/c8-3-4-6(11)2-1-5(9)7(4)10/h1-2H,3H2. The van der Waals surface area contributed by atoms with Crippen molar-refractivity contribution in [1.29, 1.82) is 0 Å². The topological polar surface area (TPSA) is 0 Å². The van der Waals surface area contributed by atoms with Crippen molar-refractivity contribution < 1.29 is 4.39 Å². The van der Waals surface area contributed by atoms with Crippen LogP contribution in [0.25, 0.3) is 0 Å². The molecule has 0 amide bonds. The molecule has 0 unspecified atom stereocenters. The van der Waals surface area contributed by atoms with Crippen LogP contribution in [0.4, 0.5) is 4.39 Å². The highest BCUT2D eigenvalue weighted by Gasteiger charge is 2.08. The van der Waals surface area contributed by atoms with Crippen LogP contribution in [0.15, 0.2) is 16.6 Å². The molecule has 1 rings (SSSR count). The lowest BCUT2D eigenvalue weighted by molar-refractivity contribution is 0.609. The second-order valence-corrected chi connectivity index (χ2v) is 4.53. The molecule has 0 spiro atoms. The molecule has 0 saturated heterocycles. The molecule has 0 nitrogen and oxygen atoms in total. The third-order valence-electron chi connectivity index (χ3n) is 1.27. The van der Waals surface area contributed by atoms with E-state index in [-0.39, 0.29) is 5.82 Å². The average molecular weight is 394 g/mol. The molecule has 0 bridgehead atoms. The fourth-order valence-corrected chi connectivity index (χ4v) is 2.74. The van der Waals surface area contributed by atoms with Crippen LogP contribution in [0.1, 0.15) is 5.56 Å². The summed E-state index contributed by atoms with van der Waals surface area (Å²) in [5, 5.41) is 0.552. The molecule has 0 fully saturated rings. The molecule has 60 valence electrons. The normalized spacial score (nSPS) is 10.2. The lowest BCUT2D eigenvalue weighted by Crippen LogP contribution is -1.91. The van der Waals surface area contributed by atoms with E-state index in [1.807, 2.05) is 6.07 Å². The molecular formula is C7H4Br2FI. The van der Waals surface area contributed by atoms with Crippen molar-refractivity contribution in [3.63, 3.8) is 0 Å². The zero-order chi connectivity index (χ0) is 8.43. The van der Waals surface area contributed by atoms with E-state index in [4.69, 9.17) is 0 Å². The summed E-state index contributed by atoms with van der Waals surface area (Å²) < 4.78 is 14.6. The molecule has 0 aliphatic heterocycles. The van der Waals surface area contributed by atoms with Gasteiger partial charge in [0.25, 0.3) is 0 Å². The average Bonchev–Trinajstić information content (AvgIpc) is 1.99. The lowest BCUT2D eigenvalue weighted by atomic mass is 10.2. The molecule has 1 aromatic rings. The van der Waals surface area contributed by atoms with E-state index < -0.39 is 0 Å². The van der Waals surface area contributed by atoms with Gasteiger partial charge in [-0.3, -0.25) is 0 Å². The zero-order valence-corrected chi connectivity index (χ0v) is 10.7. The van der Waals surface area contributed by atoms with Crippen LogP contribution < -0.4 is 0 Å². The summed E-state index contributed by atoms with van der Waals surface area (Å²) >= 11 is 8.46. The summed E-state index contributed by atoms with van der Waals surface area (Å²) in [7, 11) is 0. The first-order valence-corrected chi connectivity index (χ1v) is 5.84. The molecule has 0 N–H and O–H groups in total. The summed E-state index contributed by atoms with van der Waals surface area (Å²) in [6.45, 7) is 0. The van der Waals surface area contributed by atoms with Crippen LogP contribution in [0.2, 0.25) is 0 Å². The van der Waals surface area contributed by atoms with Gasteiger partial charge in [-0.1, -0.05) is 15.9 Å². The Balaban J connectivity index is 3.29. The Bertz CT molecular complexity index is 275. The predicted molar refractivity (Wildman–Crippen MR) is 59.4 cm³/mol. The van der Waals surface area contributed by atoms with Gasteiger partial charge in [0.05, 0.1) is 4.47 Å². The maximum absolute atomic E-state index is 13.2. The Hall–Kier alpha value is 0.840. The van der Waals surface area contributed by atoms with Crippen LogP contribution in [0.3, 0.4) is 0 Å². The van der Waals surface area contributed by atoms with Gasteiger partial charge in [0.15, 0.2) is 0 Å². The Morgan fingerprint density at radius 3 is 2.55 bits per heavy atom. The van der Waals surface area contributed by atoms with Crippen molar-refractivity contribution >= 4 is 54.5 Å². The van der Waals surface area contributed by atoms with Crippen LogP contribution in [0.5, 0.6) is 0 Å². The number of halogens is 4. The summed E-state index contributed by atoms with van der Waals surface area (Å²) in [4.78, 5) is 0. The van der Waals surface area contributed by atoms with Gasteiger partial charge >= 0.3 is 0 Å². The van der Waals surface area contributed by atoms with E-state index in [0.29, 0.717) is 15.4 Å². The van der Waals surface area contributed by atoms with Gasteiger partial charge in [-0.2, -0.15) is 0 Å². The molecule has 0 aromatic heterocycles. The minimum absolute atomic E-state index is 0.172. The third-order valence-corrected chi connectivity index (χ3v) is 3.46. The maximum Gasteiger partial charge on any atom is 0.142 e. The number of alkyl halides is 1. The van der Waals surface area contributed by atoms with Crippen molar-refractivity contribution in [2.75, 3.05) is 0 Å². The SMILES string of the molecule is Fc1c(Br)ccc(I)c1CBr. The Kier molecular flexibility index (Phi) is 3.77. The number of hydrogen-bond acceptors (Lipinski definition) is 0. The Labute approximate surface area is 95.0 Å². The molecule has 0 aliphatic carbocycles. The lowest BCUT2D eigenvalue weighted by Gasteiger charge is -2.02. The fourth-order valence-electron chi connectivity index (χ4n) is 0.692. The summed E-state index contributed by atoms with van der Waals surface area (Å²) in [5.74, 6) is -0.172. The molecular weight excluding hydrogens is 390 g/mol. The third kappa shape index (κ3) is 2.15. The summed E-state index contributed by atoms with van der Waals surface area (Å²) in [6.07, 6.45) is 0. The van der Waals surface area contributed by atoms with E-state index in [1.165, 1.54) is 0 Å². The molecule has 0 aliphatic rings. The minimum Gasteiger partial charge on any atom is -0.205 e. The predicted octanol–water partition coefficient (Wildman–Crippen LogP) is 4.09. The quantitative estimate of drug-likeness (QED) is 0.383. The number of benzene rings is 1. The van der Waals surface area contributed by atoms with Crippen molar-refractivity contribution in [2.24, 2.45) is 0 Å². The maximum atomic E-state index is 13.2. The smallest absolute Gasteiger partial charge is 0.142 e. The van der Waals surface area contributed by atoms with E-state index in [0.717, 1.165) is 3.57 Å². The van der Waals surface area contributed by atoms with Gasteiger partial charge in [-0.15, -0.1) is 0 Å². The van der Waals surface area contributed by atoms with Crippen LogP contribution in [-0.4, -0.2) is 0 Å². The van der Waals surface area contributed by atoms with Crippen LogP contribution in [-0.2, 0) is 5.33 Å². The van der Waals surface area contributed by atoms with Crippen LogP contribution in [0, 0.1) is 9.39 Å². The van der Waals surface area contributed by atoms with Gasteiger partial charge in [-0.05, 0) is 50.7 Å². The second kappa shape index (κ2) is 4.18. The zero-order valence-electron chi connectivity index (χ0n) is 5.37. The largest absolute Gasteiger partial charge is 0.205 e. The molecule has 4 heteroatoms. The second-order valence-electron chi connectivity index (χ2n) is 1.96. The van der Waals surface area contributed by atoms with E-state index in [1.54, 1.807) is 6.07 Å². The van der Waals surface area contributed by atoms with Crippen molar-refractivity contribution in [3.8, 4) is 0 Å². The fraction of sp³-hybridized carbons (Fsp3) is 0.143. The van der Waals surface area contributed by atoms with Gasteiger partial charge in [0.2, 0.25) is 0 Å². The molecule has 0 saturated carbocycles. The molecule has 0 heterocycles. The van der Waals surface area contributed by atoms with E-state index in [2.05, 4.69) is 54.5 Å². The highest BCUT2D eigenvalue weighted by atomic mass is 127. The first kappa shape index (κ1) is 9.92. The summed E-state index contributed by atoms with van der Waals surface area (Å²) in [6, 6.07) is 3.59.